The maximum absolute atomic E-state index is 5.85. The molecule has 2 heteroatoms. The van der Waals surface area contributed by atoms with Crippen LogP contribution in [-0.4, -0.2) is 18.0 Å². The molecular formula is C13H18N2. The minimum absolute atomic E-state index is 0.685. The van der Waals surface area contributed by atoms with Gasteiger partial charge < -0.3 is 5.73 Å². The molecule has 0 bridgehead atoms. The second-order valence-electron chi connectivity index (χ2n) is 3.64. The summed E-state index contributed by atoms with van der Waals surface area (Å²) in [6.07, 6.45) is 5.31. The molecule has 0 atom stereocenters. The molecule has 1 aromatic carbocycles. The van der Waals surface area contributed by atoms with E-state index in [4.69, 9.17) is 12.2 Å². The fourth-order valence-electron chi connectivity index (χ4n) is 1.52. The topological polar surface area (TPSA) is 29.3 Å². The Balaban J connectivity index is 2.80. The third-order valence-corrected chi connectivity index (χ3v) is 2.64. The summed E-state index contributed by atoms with van der Waals surface area (Å²) in [5.41, 5.74) is 9.12. The zero-order valence-corrected chi connectivity index (χ0v) is 9.46. The average Bonchev–Trinajstić information content (AvgIpc) is 2.24. The van der Waals surface area contributed by atoms with Gasteiger partial charge in [0.2, 0.25) is 0 Å². The van der Waals surface area contributed by atoms with E-state index in [0.29, 0.717) is 6.54 Å². The van der Waals surface area contributed by atoms with Gasteiger partial charge in [0.1, 0.15) is 0 Å². The van der Waals surface area contributed by atoms with Gasteiger partial charge in [0.15, 0.2) is 0 Å². The van der Waals surface area contributed by atoms with Gasteiger partial charge in [0.25, 0.3) is 0 Å². The van der Waals surface area contributed by atoms with Crippen molar-refractivity contribution in [2.24, 2.45) is 0 Å². The Morgan fingerprint density at radius 2 is 2.20 bits per heavy atom. The lowest BCUT2D eigenvalue weighted by Crippen LogP contribution is -2.23. The summed E-state index contributed by atoms with van der Waals surface area (Å²) in [5.74, 6) is 2.67. The van der Waals surface area contributed by atoms with Crippen molar-refractivity contribution in [2.45, 2.75) is 20.4 Å². The summed E-state index contributed by atoms with van der Waals surface area (Å²) < 4.78 is 0. The van der Waals surface area contributed by atoms with Crippen molar-refractivity contribution in [3.63, 3.8) is 0 Å². The molecule has 0 aliphatic rings. The second-order valence-corrected chi connectivity index (χ2v) is 3.64. The highest BCUT2D eigenvalue weighted by molar-refractivity contribution is 5.49. The van der Waals surface area contributed by atoms with Crippen LogP contribution in [0, 0.1) is 19.3 Å². The molecule has 1 aromatic rings. The standard InChI is InChI=1S/C13H18N2/c1-4-9-15(5-2)10-12-7-6-8-13(14)11(12)3/h1,6-8H,5,9-10,14H2,2-3H3. The smallest absolute Gasteiger partial charge is 0.0601 e. The lowest BCUT2D eigenvalue weighted by molar-refractivity contribution is 0.315. The van der Waals surface area contributed by atoms with Gasteiger partial charge in [-0.05, 0) is 30.7 Å². The lowest BCUT2D eigenvalue weighted by atomic mass is 10.1. The van der Waals surface area contributed by atoms with E-state index in [1.165, 1.54) is 5.56 Å². The van der Waals surface area contributed by atoms with E-state index in [0.717, 1.165) is 24.3 Å². The van der Waals surface area contributed by atoms with Crippen LogP contribution in [0.1, 0.15) is 18.1 Å². The number of hydrogen-bond donors (Lipinski definition) is 1. The van der Waals surface area contributed by atoms with Gasteiger partial charge in [-0.1, -0.05) is 25.0 Å². The van der Waals surface area contributed by atoms with E-state index < -0.39 is 0 Å². The Bertz CT molecular complexity index is 363. The molecular weight excluding hydrogens is 184 g/mol. The number of benzene rings is 1. The van der Waals surface area contributed by atoms with Gasteiger partial charge in [-0.3, -0.25) is 4.90 Å². The Kier molecular flexibility index (Phi) is 4.20. The molecule has 0 aromatic heterocycles. The number of nitrogens with zero attached hydrogens (tertiary/aromatic N) is 1. The molecule has 0 heterocycles. The Morgan fingerprint density at radius 1 is 1.47 bits per heavy atom. The van der Waals surface area contributed by atoms with Crippen LogP contribution in [0.2, 0.25) is 0 Å². The van der Waals surface area contributed by atoms with Crippen LogP contribution in [0.15, 0.2) is 18.2 Å². The highest BCUT2D eigenvalue weighted by Crippen LogP contribution is 2.16. The molecule has 0 unspecified atom stereocenters. The number of rotatable bonds is 4. The molecule has 0 radical (unpaired) electrons. The highest BCUT2D eigenvalue weighted by Gasteiger charge is 2.05. The number of anilines is 1. The Labute approximate surface area is 92.1 Å². The largest absolute Gasteiger partial charge is 0.399 e. The van der Waals surface area contributed by atoms with Crippen LogP contribution in [0.3, 0.4) is 0 Å². The molecule has 80 valence electrons. The Morgan fingerprint density at radius 3 is 2.80 bits per heavy atom. The third kappa shape index (κ3) is 3.00. The molecule has 1 rings (SSSR count). The predicted molar refractivity (Wildman–Crippen MR) is 65.4 cm³/mol. The van der Waals surface area contributed by atoms with Gasteiger partial charge in [0.05, 0.1) is 6.54 Å². The van der Waals surface area contributed by atoms with E-state index in [9.17, 15) is 0 Å². The minimum atomic E-state index is 0.685. The molecule has 0 aliphatic carbocycles. The van der Waals surface area contributed by atoms with Crippen LogP contribution < -0.4 is 5.73 Å². The van der Waals surface area contributed by atoms with E-state index in [-0.39, 0.29) is 0 Å². The summed E-state index contributed by atoms with van der Waals surface area (Å²) in [5, 5.41) is 0. The fourth-order valence-corrected chi connectivity index (χ4v) is 1.52. The summed E-state index contributed by atoms with van der Waals surface area (Å²) in [6, 6.07) is 6.02. The molecule has 0 amide bonds. The first-order valence-electron chi connectivity index (χ1n) is 5.18. The molecule has 0 spiro atoms. The zero-order valence-electron chi connectivity index (χ0n) is 9.46. The van der Waals surface area contributed by atoms with E-state index >= 15 is 0 Å². The maximum atomic E-state index is 5.85. The van der Waals surface area contributed by atoms with Crippen molar-refractivity contribution in [3.05, 3.63) is 29.3 Å². The van der Waals surface area contributed by atoms with Gasteiger partial charge >= 0.3 is 0 Å². The van der Waals surface area contributed by atoms with Gasteiger partial charge in [0, 0.05) is 12.2 Å². The van der Waals surface area contributed by atoms with Crippen molar-refractivity contribution >= 4 is 5.69 Å². The first-order chi connectivity index (χ1) is 7.19. The van der Waals surface area contributed by atoms with Crippen molar-refractivity contribution in [1.82, 2.24) is 4.90 Å². The molecule has 2 nitrogen and oxygen atoms in total. The molecule has 0 aliphatic heterocycles. The summed E-state index contributed by atoms with van der Waals surface area (Å²) in [4.78, 5) is 2.21. The summed E-state index contributed by atoms with van der Waals surface area (Å²) >= 11 is 0. The monoisotopic (exact) mass is 202 g/mol. The van der Waals surface area contributed by atoms with Gasteiger partial charge in [-0.25, -0.2) is 0 Å². The molecule has 2 N–H and O–H groups in total. The van der Waals surface area contributed by atoms with Crippen molar-refractivity contribution in [3.8, 4) is 12.3 Å². The van der Waals surface area contributed by atoms with Crippen molar-refractivity contribution in [2.75, 3.05) is 18.8 Å². The SMILES string of the molecule is C#CCN(CC)Cc1cccc(N)c1C. The predicted octanol–water partition coefficient (Wildman–Crippen LogP) is 2.03. The number of nitrogen functional groups attached to an aromatic ring is 1. The molecule has 0 fully saturated rings. The first kappa shape index (κ1) is 11.6. The Hall–Kier alpha value is -1.46. The molecule has 0 saturated carbocycles. The van der Waals surface area contributed by atoms with E-state index in [2.05, 4.69) is 23.8 Å². The number of nitrogens with two attached hydrogens (primary N) is 1. The van der Waals surface area contributed by atoms with Crippen LogP contribution in [0.5, 0.6) is 0 Å². The van der Waals surface area contributed by atoms with Crippen LogP contribution in [0.25, 0.3) is 0 Å². The molecule has 15 heavy (non-hydrogen) atoms. The highest BCUT2D eigenvalue weighted by atomic mass is 15.1. The number of hydrogen-bond acceptors (Lipinski definition) is 2. The first-order valence-corrected chi connectivity index (χ1v) is 5.18. The van der Waals surface area contributed by atoms with Crippen molar-refractivity contribution < 1.29 is 0 Å². The molecule has 0 saturated heterocycles. The average molecular weight is 202 g/mol. The quantitative estimate of drug-likeness (QED) is 0.598. The van der Waals surface area contributed by atoms with Gasteiger partial charge in [-0.2, -0.15) is 0 Å². The fraction of sp³-hybridized carbons (Fsp3) is 0.385. The second kappa shape index (κ2) is 5.43. The number of terminal acetylenes is 1. The van der Waals surface area contributed by atoms with Crippen LogP contribution in [-0.2, 0) is 6.54 Å². The third-order valence-electron chi connectivity index (χ3n) is 2.64. The normalized spacial score (nSPS) is 10.3. The summed E-state index contributed by atoms with van der Waals surface area (Å²) in [7, 11) is 0. The van der Waals surface area contributed by atoms with Crippen LogP contribution >= 0.6 is 0 Å². The van der Waals surface area contributed by atoms with Gasteiger partial charge in [-0.15, -0.1) is 6.42 Å². The van der Waals surface area contributed by atoms with Crippen molar-refractivity contribution in [1.29, 1.82) is 0 Å². The minimum Gasteiger partial charge on any atom is -0.399 e. The van der Waals surface area contributed by atoms with E-state index in [1.807, 2.05) is 19.1 Å². The summed E-state index contributed by atoms with van der Waals surface area (Å²) in [6.45, 7) is 6.67. The zero-order chi connectivity index (χ0) is 11.3. The van der Waals surface area contributed by atoms with E-state index in [1.54, 1.807) is 0 Å². The maximum Gasteiger partial charge on any atom is 0.0601 e. The lowest BCUT2D eigenvalue weighted by Gasteiger charge is -2.19. The van der Waals surface area contributed by atoms with Crippen LogP contribution in [0.4, 0.5) is 5.69 Å².